The second-order valence-corrected chi connectivity index (χ2v) is 4.85. The van der Waals surface area contributed by atoms with Crippen LogP contribution in [0.25, 0.3) is 11.0 Å². The molecule has 0 radical (unpaired) electrons. The Hall–Kier alpha value is -2.06. The lowest BCUT2D eigenvalue weighted by Crippen LogP contribution is -1.95. The molecule has 0 bridgehead atoms. The Morgan fingerprint density at radius 2 is 1.79 bits per heavy atom. The van der Waals surface area contributed by atoms with Crippen molar-refractivity contribution in [1.29, 1.82) is 0 Å². The number of rotatable bonds is 3. The van der Waals surface area contributed by atoms with E-state index in [1.807, 2.05) is 12.1 Å². The van der Waals surface area contributed by atoms with Gasteiger partial charge in [-0.1, -0.05) is 36.4 Å². The predicted molar refractivity (Wildman–Crippen MR) is 78.1 cm³/mol. The normalized spacial score (nSPS) is 11.1. The van der Waals surface area contributed by atoms with E-state index in [4.69, 9.17) is 10.2 Å². The van der Waals surface area contributed by atoms with Crippen molar-refractivity contribution in [3.05, 3.63) is 71.0 Å². The number of furan rings is 1. The van der Waals surface area contributed by atoms with E-state index < -0.39 is 0 Å². The minimum absolute atomic E-state index is 0.453. The van der Waals surface area contributed by atoms with Crippen molar-refractivity contribution in [3.63, 3.8) is 0 Å². The maximum Gasteiger partial charge on any atom is 0.134 e. The summed E-state index contributed by atoms with van der Waals surface area (Å²) in [4.78, 5) is 0. The van der Waals surface area contributed by atoms with Crippen LogP contribution in [0.1, 0.15) is 22.5 Å². The van der Waals surface area contributed by atoms with E-state index >= 15 is 0 Å². The SMILES string of the molecule is Cc1c(CN)oc2ccc(Cc3ccccc3)cc12. The molecule has 3 rings (SSSR count). The molecule has 0 saturated heterocycles. The first-order valence-electron chi connectivity index (χ1n) is 6.53. The van der Waals surface area contributed by atoms with Crippen LogP contribution in [0.5, 0.6) is 0 Å². The highest BCUT2D eigenvalue weighted by molar-refractivity contribution is 5.82. The van der Waals surface area contributed by atoms with E-state index in [0.29, 0.717) is 6.54 Å². The third kappa shape index (κ3) is 2.27. The molecule has 0 aliphatic heterocycles. The minimum Gasteiger partial charge on any atom is -0.459 e. The van der Waals surface area contributed by atoms with E-state index in [2.05, 4.69) is 43.3 Å². The Bertz CT molecular complexity index is 698. The standard InChI is InChI=1S/C17H17NO/c1-12-15-10-14(9-13-5-3-2-4-6-13)7-8-16(15)19-17(12)11-18/h2-8,10H,9,11,18H2,1H3. The lowest BCUT2D eigenvalue weighted by Gasteiger charge is -2.02. The summed E-state index contributed by atoms with van der Waals surface area (Å²) in [7, 11) is 0. The van der Waals surface area contributed by atoms with Gasteiger partial charge in [-0.15, -0.1) is 0 Å². The molecule has 0 aliphatic rings. The molecule has 2 N–H and O–H groups in total. The highest BCUT2D eigenvalue weighted by Gasteiger charge is 2.09. The van der Waals surface area contributed by atoms with Crippen LogP contribution < -0.4 is 5.73 Å². The van der Waals surface area contributed by atoms with Crippen LogP contribution in [0.4, 0.5) is 0 Å². The van der Waals surface area contributed by atoms with Crippen molar-refractivity contribution >= 4 is 11.0 Å². The Labute approximate surface area is 112 Å². The number of nitrogens with two attached hydrogens (primary N) is 1. The Kier molecular flexibility index (Phi) is 3.10. The summed E-state index contributed by atoms with van der Waals surface area (Å²) in [6.07, 6.45) is 0.944. The fourth-order valence-corrected chi connectivity index (χ4v) is 2.45. The average Bonchev–Trinajstić information content (AvgIpc) is 2.77. The van der Waals surface area contributed by atoms with Gasteiger partial charge < -0.3 is 10.2 Å². The Morgan fingerprint density at radius 3 is 2.53 bits per heavy atom. The van der Waals surface area contributed by atoms with Crippen molar-refractivity contribution in [3.8, 4) is 0 Å². The summed E-state index contributed by atoms with van der Waals surface area (Å²) >= 11 is 0. The van der Waals surface area contributed by atoms with Crippen molar-refractivity contribution in [2.24, 2.45) is 5.73 Å². The van der Waals surface area contributed by atoms with E-state index in [1.54, 1.807) is 0 Å². The molecule has 3 aromatic rings. The van der Waals surface area contributed by atoms with Crippen LogP contribution in [0.15, 0.2) is 52.9 Å². The zero-order valence-electron chi connectivity index (χ0n) is 11.0. The van der Waals surface area contributed by atoms with E-state index in [0.717, 1.165) is 23.3 Å². The van der Waals surface area contributed by atoms with E-state index in [9.17, 15) is 0 Å². The van der Waals surface area contributed by atoms with Gasteiger partial charge in [-0.3, -0.25) is 0 Å². The van der Waals surface area contributed by atoms with E-state index in [-0.39, 0.29) is 0 Å². The summed E-state index contributed by atoms with van der Waals surface area (Å²) < 4.78 is 5.73. The van der Waals surface area contributed by atoms with Gasteiger partial charge in [-0.25, -0.2) is 0 Å². The zero-order chi connectivity index (χ0) is 13.2. The van der Waals surface area contributed by atoms with Gasteiger partial charge in [0, 0.05) is 5.39 Å². The van der Waals surface area contributed by atoms with Crippen LogP contribution in [-0.4, -0.2) is 0 Å². The maximum absolute atomic E-state index is 5.73. The third-order valence-electron chi connectivity index (χ3n) is 3.54. The second kappa shape index (κ2) is 4.90. The van der Waals surface area contributed by atoms with Crippen LogP contribution in [0, 0.1) is 6.92 Å². The van der Waals surface area contributed by atoms with Gasteiger partial charge in [0.15, 0.2) is 0 Å². The van der Waals surface area contributed by atoms with Crippen molar-refractivity contribution in [2.75, 3.05) is 0 Å². The second-order valence-electron chi connectivity index (χ2n) is 4.85. The van der Waals surface area contributed by atoms with Crippen molar-refractivity contribution in [2.45, 2.75) is 19.9 Å². The fraction of sp³-hybridized carbons (Fsp3) is 0.176. The molecule has 2 aromatic carbocycles. The molecule has 0 spiro atoms. The van der Waals surface area contributed by atoms with Crippen LogP contribution >= 0.6 is 0 Å². The molecular weight excluding hydrogens is 234 g/mol. The first-order chi connectivity index (χ1) is 9.28. The zero-order valence-corrected chi connectivity index (χ0v) is 11.0. The molecule has 1 aromatic heterocycles. The predicted octanol–water partition coefficient (Wildman–Crippen LogP) is 3.79. The molecule has 96 valence electrons. The summed E-state index contributed by atoms with van der Waals surface area (Å²) in [6, 6.07) is 16.9. The van der Waals surface area contributed by atoms with Gasteiger partial charge in [0.1, 0.15) is 11.3 Å². The van der Waals surface area contributed by atoms with Crippen LogP contribution in [0.3, 0.4) is 0 Å². The number of fused-ring (bicyclic) bond motifs is 1. The number of benzene rings is 2. The Morgan fingerprint density at radius 1 is 1.00 bits per heavy atom. The highest BCUT2D eigenvalue weighted by Crippen LogP contribution is 2.26. The molecule has 2 nitrogen and oxygen atoms in total. The summed E-state index contributed by atoms with van der Waals surface area (Å²) in [6.45, 7) is 2.52. The van der Waals surface area contributed by atoms with Gasteiger partial charge >= 0.3 is 0 Å². The number of hydrogen-bond donors (Lipinski definition) is 1. The first kappa shape index (κ1) is 12.0. The lowest BCUT2D eigenvalue weighted by atomic mass is 10.0. The van der Waals surface area contributed by atoms with Crippen molar-refractivity contribution in [1.82, 2.24) is 0 Å². The molecule has 0 atom stereocenters. The van der Waals surface area contributed by atoms with Gasteiger partial charge in [0.05, 0.1) is 6.54 Å². The monoisotopic (exact) mass is 251 g/mol. The fourth-order valence-electron chi connectivity index (χ4n) is 2.45. The van der Waals surface area contributed by atoms with Gasteiger partial charge in [-0.2, -0.15) is 0 Å². The summed E-state index contributed by atoms with van der Waals surface area (Å²) in [5.41, 5.74) is 10.4. The quantitative estimate of drug-likeness (QED) is 0.769. The molecule has 2 heteroatoms. The van der Waals surface area contributed by atoms with Gasteiger partial charge in [0.2, 0.25) is 0 Å². The maximum atomic E-state index is 5.73. The molecule has 0 unspecified atom stereocenters. The molecule has 19 heavy (non-hydrogen) atoms. The molecular formula is C17H17NO. The smallest absolute Gasteiger partial charge is 0.134 e. The first-order valence-corrected chi connectivity index (χ1v) is 6.53. The summed E-state index contributed by atoms with van der Waals surface area (Å²) in [5.74, 6) is 0.881. The van der Waals surface area contributed by atoms with Crippen LogP contribution in [-0.2, 0) is 13.0 Å². The molecule has 0 saturated carbocycles. The number of hydrogen-bond acceptors (Lipinski definition) is 2. The minimum atomic E-state index is 0.453. The molecule has 0 fully saturated rings. The van der Waals surface area contributed by atoms with Crippen LogP contribution in [0.2, 0.25) is 0 Å². The molecule has 0 aliphatic carbocycles. The lowest BCUT2D eigenvalue weighted by molar-refractivity contribution is 0.548. The summed E-state index contributed by atoms with van der Waals surface area (Å²) in [5, 5.41) is 1.17. The topological polar surface area (TPSA) is 39.2 Å². The molecule has 0 amide bonds. The van der Waals surface area contributed by atoms with Gasteiger partial charge in [-0.05, 0) is 42.2 Å². The largest absolute Gasteiger partial charge is 0.459 e. The van der Waals surface area contributed by atoms with E-state index in [1.165, 1.54) is 16.5 Å². The third-order valence-corrected chi connectivity index (χ3v) is 3.54. The number of aryl methyl sites for hydroxylation is 1. The molecule has 1 heterocycles. The average molecular weight is 251 g/mol. The van der Waals surface area contributed by atoms with Crippen molar-refractivity contribution < 1.29 is 4.42 Å². The Balaban J connectivity index is 1.99. The van der Waals surface area contributed by atoms with Gasteiger partial charge in [0.25, 0.3) is 0 Å². The highest BCUT2D eigenvalue weighted by atomic mass is 16.3.